The van der Waals surface area contributed by atoms with Gasteiger partial charge in [0, 0.05) is 56.0 Å². The number of pyridine rings is 1. The molecule has 0 bridgehead atoms. The molecule has 1 fully saturated rings. The van der Waals surface area contributed by atoms with Gasteiger partial charge in [0.15, 0.2) is 5.69 Å². The number of carbonyl (C=O) groups excluding carboxylic acids is 2. The third-order valence-electron chi connectivity index (χ3n) is 5.81. The van der Waals surface area contributed by atoms with Gasteiger partial charge in [-0.1, -0.05) is 12.1 Å². The Hall–Kier alpha value is -4.18. The molecule has 0 atom stereocenters. The molecule has 1 aromatic heterocycles. The fraction of sp³-hybridized carbons (Fsp3) is 0.259. The molecule has 192 valence electrons. The first-order valence-corrected chi connectivity index (χ1v) is 11.8. The van der Waals surface area contributed by atoms with Crippen molar-refractivity contribution in [2.45, 2.75) is 13.8 Å². The van der Waals surface area contributed by atoms with Crippen LogP contribution in [0.5, 0.6) is 0 Å². The second-order valence-electron chi connectivity index (χ2n) is 8.50. The number of anilines is 3. The van der Waals surface area contributed by atoms with Gasteiger partial charge in [-0.05, 0) is 48.4 Å². The highest BCUT2D eigenvalue weighted by molar-refractivity contribution is 6.12. The number of aromatic nitrogens is 1. The van der Waals surface area contributed by atoms with Crippen LogP contribution in [0.25, 0.3) is 11.1 Å². The number of amides is 1. The second kappa shape index (κ2) is 11.3. The van der Waals surface area contributed by atoms with Crippen molar-refractivity contribution in [3.05, 3.63) is 71.4 Å². The first kappa shape index (κ1) is 25.9. The van der Waals surface area contributed by atoms with Crippen LogP contribution >= 0.6 is 0 Å². The molecule has 2 heterocycles. The van der Waals surface area contributed by atoms with E-state index in [0.717, 1.165) is 29.5 Å². The van der Waals surface area contributed by atoms with Gasteiger partial charge in [0.05, 0.1) is 12.3 Å². The zero-order chi connectivity index (χ0) is 26.5. The van der Waals surface area contributed by atoms with Gasteiger partial charge in [-0.15, -0.1) is 0 Å². The van der Waals surface area contributed by atoms with Crippen LogP contribution in [0.4, 0.5) is 26.0 Å². The molecule has 1 saturated heterocycles. The van der Waals surface area contributed by atoms with Crippen LogP contribution in [-0.2, 0) is 9.53 Å². The molecule has 0 saturated carbocycles. The summed E-state index contributed by atoms with van der Waals surface area (Å²) in [6.07, 6.45) is 0. The van der Waals surface area contributed by atoms with Crippen LogP contribution < -0.4 is 16.0 Å². The average Bonchev–Trinajstić information content (AvgIpc) is 2.80. The molecule has 0 unspecified atom stereocenters. The van der Waals surface area contributed by atoms with E-state index in [1.165, 1.54) is 6.92 Å². The summed E-state index contributed by atoms with van der Waals surface area (Å²) in [6, 6.07) is 11.8. The topological polar surface area (TPSA) is 105 Å². The van der Waals surface area contributed by atoms with E-state index in [1.807, 2.05) is 0 Å². The number of carbonyl (C=O) groups is 2. The molecule has 3 aromatic rings. The van der Waals surface area contributed by atoms with Crippen LogP contribution in [0.3, 0.4) is 0 Å². The quantitative estimate of drug-likeness (QED) is 0.305. The Labute approximate surface area is 213 Å². The van der Waals surface area contributed by atoms with Gasteiger partial charge in [0.25, 0.3) is 0 Å². The molecule has 2 aromatic carbocycles. The highest BCUT2D eigenvalue weighted by atomic mass is 19.1. The SMILES string of the molecule is CCOC(=O)c1cc(-c2ccc(NC(C)=O)cc2)c(C(=NC)C2CNC2)c(Nc2cc(F)cc(F)c2)n1. The Morgan fingerprint density at radius 3 is 2.30 bits per heavy atom. The van der Waals surface area contributed by atoms with E-state index >= 15 is 0 Å². The predicted molar refractivity (Wildman–Crippen MR) is 138 cm³/mol. The second-order valence-corrected chi connectivity index (χ2v) is 8.50. The number of nitrogens with zero attached hydrogens (tertiary/aromatic N) is 2. The van der Waals surface area contributed by atoms with Gasteiger partial charge in [0.1, 0.15) is 17.5 Å². The number of halogens is 2. The van der Waals surface area contributed by atoms with E-state index in [0.29, 0.717) is 29.9 Å². The van der Waals surface area contributed by atoms with Crippen LogP contribution in [0.15, 0.2) is 53.5 Å². The van der Waals surface area contributed by atoms with E-state index < -0.39 is 17.6 Å². The van der Waals surface area contributed by atoms with Crippen molar-refractivity contribution in [1.82, 2.24) is 10.3 Å². The Kier molecular flexibility index (Phi) is 7.88. The number of rotatable bonds is 8. The van der Waals surface area contributed by atoms with Crippen molar-refractivity contribution < 1.29 is 23.1 Å². The average molecular weight is 508 g/mol. The normalized spacial score (nSPS) is 13.6. The lowest BCUT2D eigenvalue weighted by molar-refractivity contribution is -0.114. The lowest BCUT2D eigenvalue weighted by Gasteiger charge is -2.30. The predicted octanol–water partition coefficient (Wildman–Crippen LogP) is 4.54. The van der Waals surface area contributed by atoms with Crippen molar-refractivity contribution in [2.75, 3.05) is 37.4 Å². The van der Waals surface area contributed by atoms with Crippen LogP contribution in [0, 0.1) is 17.6 Å². The fourth-order valence-electron chi connectivity index (χ4n) is 4.11. The van der Waals surface area contributed by atoms with Gasteiger partial charge in [0.2, 0.25) is 5.91 Å². The number of hydrogen-bond acceptors (Lipinski definition) is 7. The molecule has 1 amide bonds. The molecule has 3 N–H and O–H groups in total. The van der Waals surface area contributed by atoms with Gasteiger partial charge >= 0.3 is 5.97 Å². The molecule has 37 heavy (non-hydrogen) atoms. The van der Waals surface area contributed by atoms with Crippen molar-refractivity contribution >= 4 is 34.8 Å². The van der Waals surface area contributed by atoms with Crippen molar-refractivity contribution in [3.63, 3.8) is 0 Å². The van der Waals surface area contributed by atoms with Crippen molar-refractivity contribution in [1.29, 1.82) is 0 Å². The summed E-state index contributed by atoms with van der Waals surface area (Å²) in [5, 5.41) is 8.95. The van der Waals surface area contributed by atoms with E-state index in [9.17, 15) is 18.4 Å². The number of nitrogens with one attached hydrogen (secondary N) is 3. The minimum Gasteiger partial charge on any atom is -0.461 e. The standard InChI is InChI=1S/C27H27F2N5O3/c1-4-37-27(36)23-12-22(16-5-7-20(8-6-16)32-15(2)35)24(25(30-3)17-13-31-14-17)26(34-23)33-21-10-18(28)9-19(29)11-21/h5-12,17,31H,4,13-14H2,1-3H3,(H,32,35)(H,33,34). The van der Waals surface area contributed by atoms with Gasteiger partial charge < -0.3 is 20.7 Å². The number of ether oxygens (including phenoxy) is 1. The molecule has 1 aliphatic heterocycles. The molecule has 0 aliphatic carbocycles. The number of hydrogen-bond donors (Lipinski definition) is 3. The molecular weight excluding hydrogens is 480 g/mol. The van der Waals surface area contributed by atoms with E-state index in [-0.39, 0.29) is 35.6 Å². The van der Waals surface area contributed by atoms with Gasteiger partial charge in [-0.25, -0.2) is 18.6 Å². The van der Waals surface area contributed by atoms with Crippen molar-refractivity contribution in [3.8, 4) is 11.1 Å². The Morgan fingerprint density at radius 2 is 1.76 bits per heavy atom. The summed E-state index contributed by atoms with van der Waals surface area (Å²) < 4.78 is 33.2. The molecule has 0 radical (unpaired) electrons. The molecule has 8 nitrogen and oxygen atoms in total. The summed E-state index contributed by atoms with van der Waals surface area (Å²) in [6.45, 7) is 4.65. The minimum absolute atomic E-state index is 0.0214. The summed E-state index contributed by atoms with van der Waals surface area (Å²) in [5.41, 5.74) is 3.42. The van der Waals surface area contributed by atoms with E-state index in [2.05, 4.69) is 25.9 Å². The number of aliphatic imine (C=N–C) groups is 1. The molecule has 4 rings (SSSR count). The highest BCUT2D eigenvalue weighted by Crippen LogP contribution is 2.35. The first-order chi connectivity index (χ1) is 17.8. The Bertz CT molecular complexity index is 1330. The minimum atomic E-state index is -0.757. The van der Waals surface area contributed by atoms with Crippen LogP contribution in [0.1, 0.15) is 29.9 Å². The molecule has 10 heteroatoms. The fourth-order valence-corrected chi connectivity index (χ4v) is 4.11. The smallest absolute Gasteiger partial charge is 0.357 e. The number of benzene rings is 2. The first-order valence-electron chi connectivity index (χ1n) is 11.8. The maximum Gasteiger partial charge on any atom is 0.357 e. The van der Waals surface area contributed by atoms with Crippen LogP contribution in [0.2, 0.25) is 0 Å². The largest absolute Gasteiger partial charge is 0.461 e. The maximum atomic E-state index is 14.0. The van der Waals surface area contributed by atoms with E-state index in [4.69, 9.17) is 4.74 Å². The maximum absolute atomic E-state index is 14.0. The summed E-state index contributed by atoms with van der Waals surface area (Å²) in [5.74, 6) is -2.07. The van der Waals surface area contributed by atoms with E-state index in [1.54, 1.807) is 44.3 Å². The highest BCUT2D eigenvalue weighted by Gasteiger charge is 2.30. The monoisotopic (exact) mass is 507 g/mol. The lowest BCUT2D eigenvalue weighted by Crippen LogP contribution is -2.47. The van der Waals surface area contributed by atoms with Crippen molar-refractivity contribution in [2.24, 2.45) is 10.9 Å². The third-order valence-corrected chi connectivity index (χ3v) is 5.81. The summed E-state index contributed by atoms with van der Waals surface area (Å²) in [4.78, 5) is 33.3. The zero-order valence-corrected chi connectivity index (χ0v) is 20.7. The third kappa shape index (κ3) is 5.97. The van der Waals surface area contributed by atoms with Gasteiger partial charge in [-0.3, -0.25) is 9.79 Å². The van der Waals surface area contributed by atoms with Crippen LogP contribution in [-0.4, -0.2) is 49.3 Å². The number of esters is 1. The summed E-state index contributed by atoms with van der Waals surface area (Å²) in [7, 11) is 1.67. The Balaban J connectivity index is 1.93. The lowest BCUT2D eigenvalue weighted by atomic mass is 9.87. The summed E-state index contributed by atoms with van der Waals surface area (Å²) >= 11 is 0. The Morgan fingerprint density at radius 1 is 1.08 bits per heavy atom. The molecular formula is C27H27F2N5O3. The molecule has 0 spiro atoms. The molecule has 1 aliphatic rings. The zero-order valence-electron chi connectivity index (χ0n) is 20.7. The van der Waals surface area contributed by atoms with Gasteiger partial charge in [-0.2, -0.15) is 0 Å².